The van der Waals surface area contributed by atoms with Crippen molar-refractivity contribution in [1.29, 1.82) is 0 Å². The first-order valence-electron chi connectivity index (χ1n) is 14.6. The number of fused-ring (bicyclic) bond motifs is 4. The maximum atomic E-state index is 8.19. The summed E-state index contributed by atoms with van der Waals surface area (Å²) in [7, 11) is 0. The molecule has 0 unspecified atom stereocenters. The number of aryl methyl sites for hydroxylation is 2. The fraction of sp³-hybridized carbons (Fsp3) is 0.188. The van der Waals surface area contributed by atoms with Crippen molar-refractivity contribution in [2.45, 2.75) is 39.9 Å². The van der Waals surface area contributed by atoms with Crippen molar-refractivity contribution in [3.8, 4) is 22.4 Å². The Balaban J connectivity index is 1.53. The molecule has 0 bridgehead atoms. The van der Waals surface area contributed by atoms with Crippen LogP contribution in [0.15, 0.2) is 83.4 Å². The topological polar surface area (TPSA) is 38.9 Å². The Morgan fingerprint density at radius 3 is 2.49 bits per heavy atom. The van der Waals surface area contributed by atoms with Gasteiger partial charge in [-0.1, -0.05) is 63.2 Å². The van der Waals surface area contributed by atoms with Crippen LogP contribution in [-0.4, -0.2) is 9.97 Å². The van der Waals surface area contributed by atoms with Crippen molar-refractivity contribution in [2.75, 3.05) is 0 Å². The molecule has 3 aromatic carbocycles. The second-order valence-electron chi connectivity index (χ2n) is 9.98. The molecular weight excluding hydrogens is 428 g/mol. The van der Waals surface area contributed by atoms with Crippen LogP contribution in [0.3, 0.4) is 0 Å². The minimum Gasteiger partial charge on any atom is -0.437 e. The molecular formula is C32H28N2O. The summed E-state index contributed by atoms with van der Waals surface area (Å²) in [4.78, 5) is 8.81. The second kappa shape index (κ2) is 7.78. The first-order chi connectivity index (χ1) is 19.2. The number of benzene rings is 3. The van der Waals surface area contributed by atoms with Crippen LogP contribution < -0.4 is 0 Å². The predicted molar refractivity (Wildman–Crippen MR) is 146 cm³/mol. The maximum absolute atomic E-state index is 8.19. The van der Waals surface area contributed by atoms with Gasteiger partial charge in [0.15, 0.2) is 0 Å². The van der Waals surface area contributed by atoms with Gasteiger partial charge in [0.2, 0.25) is 5.71 Å². The second-order valence-corrected chi connectivity index (χ2v) is 9.98. The molecule has 0 saturated heterocycles. The molecule has 0 aliphatic carbocycles. The van der Waals surface area contributed by atoms with E-state index in [2.05, 4.69) is 48.9 Å². The Bertz CT molecular complexity index is 1960. The molecule has 6 rings (SSSR count). The smallest absolute Gasteiger partial charge is 0.227 e. The van der Waals surface area contributed by atoms with Gasteiger partial charge < -0.3 is 4.42 Å². The van der Waals surface area contributed by atoms with Crippen molar-refractivity contribution >= 4 is 32.8 Å². The Kier molecular flexibility index (Phi) is 3.52. The van der Waals surface area contributed by atoms with Crippen LogP contribution in [0.2, 0.25) is 0 Å². The number of aromatic nitrogens is 2. The third kappa shape index (κ3) is 3.68. The molecule has 3 heterocycles. The molecule has 3 heteroatoms. The molecule has 35 heavy (non-hydrogen) atoms. The van der Waals surface area contributed by atoms with Gasteiger partial charge in [0.1, 0.15) is 5.58 Å². The van der Waals surface area contributed by atoms with Crippen molar-refractivity contribution in [1.82, 2.24) is 9.97 Å². The molecule has 3 nitrogen and oxygen atoms in total. The van der Waals surface area contributed by atoms with Gasteiger partial charge in [-0.05, 0) is 82.5 Å². The van der Waals surface area contributed by atoms with Gasteiger partial charge in [0.25, 0.3) is 0 Å². The molecule has 3 aromatic heterocycles. The standard InChI is InChI=1S/C32H28N2O/c1-19-18-33-29(27-8-6-7-25-26-14-9-20(2)34-31(26)35-30(25)27)17-28(19)23-11-10-22-16-24(32(3,4)5)13-12-21(22)15-23/h6-18H,1-5H3/i1D3,2D3. The SMILES string of the molecule is [2H]C([2H])([2H])c1ccc2c(n1)oc1c(-c3cc(-c4ccc5cc(C(C)(C)C)ccc5c4)c(C([2H])([2H])[2H])cn3)cccc12. The quantitative estimate of drug-likeness (QED) is 0.258. The Morgan fingerprint density at radius 2 is 1.66 bits per heavy atom. The first-order valence-corrected chi connectivity index (χ1v) is 11.6. The lowest BCUT2D eigenvalue weighted by Gasteiger charge is -2.19. The Labute approximate surface area is 213 Å². The lowest BCUT2D eigenvalue weighted by molar-refractivity contribution is 0.591. The summed E-state index contributed by atoms with van der Waals surface area (Å²) in [6.07, 6.45) is 1.41. The zero-order chi connectivity index (χ0) is 29.3. The van der Waals surface area contributed by atoms with Crippen molar-refractivity contribution in [3.05, 3.63) is 95.8 Å². The van der Waals surface area contributed by atoms with Gasteiger partial charge in [0.05, 0.1) is 5.69 Å². The van der Waals surface area contributed by atoms with Crippen LogP contribution in [-0.2, 0) is 5.41 Å². The van der Waals surface area contributed by atoms with Crippen molar-refractivity contribution in [2.24, 2.45) is 0 Å². The van der Waals surface area contributed by atoms with E-state index in [1.54, 1.807) is 12.1 Å². The summed E-state index contributed by atoms with van der Waals surface area (Å²) in [5.74, 6) is 0. The predicted octanol–water partition coefficient (Wildman–Crippen LogP) is 8.78. The molecule has 0 aliphatic rings. The molecule has 0 radical (unpaired) electrons. The van der Waals surface area contributed by atoms with Gasteiger partial charge in [-0.3, -0.25) is 4.98 Å². The van der Waals surface area contributed by atoms with Gasteiger partial charge >= 0.3 is 0 Å². The molecule has 0 amide bonds. The Morgan fingerprint density at radius 1 is 0.800 bits per heavy atom. The monoisotopic (exact) mass is 462 g/mol. The summed E-state index contributed by atoms with van der Waals surface area (Å²) in [6.45, 7) is 1.80. The summed E-state index contributed by atoms with van der Waals surface area (Å²) in [5, 5.41) is 3.56. The average molecular weight is 463 g/mol. The summed E-state index contributed by atoms with van der Waals surface area (Å²) in [6, 6.07) is 22.9. The van der Waals surface area contributed by atoms with E-state index in [-0.39, 0.29) is 22.4 Å². The zero-order valence-corrected chi connectivity index (χ0v) is 19.8. The van der Waals surface area contributed by atoms with Crippen LogP contribution in [0.1, 0.15) is 45.8 Å². The summed E-state index contributed by atoms with van der Waals surface area (Å²) in [5.41, 5.74) is 4.63. The van der Waals surface area contributed by atoms with E-state index in [0.717, 1.165) is 21.7 Å². The molecule has 0 atom stereocenters. The molecule has 6 aromatic rings. The molecule has 0 spiro atoms. The summed E-state index contributed by atoms with van der Waals surface area (Å²) >= 11 is 0. The highest BCUT2D eigenvalue weighted by molar-refractivity contribution is 6.08. The number of para-hydroxylation sites is 1. The highest BCUT2D eigenvalue weighted by Gasteiger charge is 2.16. The lowest BCUT2D eigenvalue weighted by atomic mass is 9.85. The van der Waals surface area contributed by atoms with E-state index in [1.807, 2.05) is 36.4 Å². The minimum atomic E-state index is -2.37. The highest BCUT2D eigenvalue weighted by Crippen LogP contribution is 2.37. The van der Waals surface area contributed by atoms with E-state index in [9.17, 15) is 0 Å². The number of rotatable bonds is 2. The normalized spacial score (nSPS) is 15.4. The van der Waals surface area contributed by atoms with E-state index in [4.69, 9.17) is 12.6 Å². The van der Waals surface area contributed by atoms with Crippen molar-refractivity contribution < 1.29 is 12.6 Å². The highest BCUT2D eigenvalue weighted by atomic mass is 16.3. The molecule has 0 aliphatic heterocycles. The van der Waals surface area contributed by atoms with Gasteiger partial charge in [-0.2, -0.15) is 0 Å². The number of pyridine rings is 2. The van der Waals surface area contributed by atoms with Gasteiger partial charge in [-0.15, -0.1) is 0 Å². The minimum absolute atomic E-state index is 0.0167. The zero-order valence-electron chi connectivity index (χ0n) is 25.8. The number of hydrogen-bond acceptors (Lipinski definition) is 3. The number of hydrogen-bond donors (Lipinski definition) is 0. The third-order valence-corrected chi connectivity index (χ3v) is 6.56. The Hall–Kier alpha value is -3.98. The average Bonchev–Trinajstić information content (AvgIpc) is 3.29. The van der Waals surface area contributed by atoms with Crippen LogP contribution in [0, 0.1) is 13.7 Å². The molecule has 172 valence electrons. The lowest BCUT2D eigenvalue weighted by Crippen LogP contribution is -2.10. The van der Waals surface area contributed by atoms with Crippen LogP contribution in [0.5, 0.6) is 0 Å². The van der Waals surface area contributed by atoms with E-state index < -0.39 is 13.7 Å². The van der Waals surface area contributed by atoms with E-state index in [0.29, 0.717) is 27.8 Å². The van der Waals surface area contributed by atoms with Crippen molar-refractivity contribution in [3.63, 3.8) is 0 Å². The number of furan rings is 1. The molecule has 0 saturated carbocycles. The fourth-order valence-electron chi connectivity index (χ4n) is 4.60. The van der Waals surface area contributed by atoms with Gasteiger partial charge in [-0.25, -0.2) is 4.98 Å². The van der Waals surface area contributed by atoms with Crippen LogP contribution in [0.25, 0.3) is 55.2 Å². The summed E-state index contributed by atoms with van der Waals surface area (Å²) < 4.78 is 53.8. The first kappa shape index (κ1) is 15.8. The molecule has 0 N–H and O–H groups in total. The van der Waals surface area contributed by atoms with E-state index >= 15 is 0 Å². The van der Waals surface area contributed by atoms with Crippen LogP contribution >= 0.6 is 0 Å². The fourth-order valence-corrected chi connectivity index (χ4v) is 4.60. The van der Waals surface area contributed by atoms with Gasteiger partial charge in [0, 0.05) is 36.5 Å². The largest absolute Gasteiger partial charge is 0.437 e. The molecule has 0 fully saturated rings. The maximum Gasteiger partial charge on any atom is 0.227 e. The third-order valence-electron chi connectivity index (χ3n) is 6.56. The van der Waals surface area contributed by atoms with E-state index in [1.165, 1.54) is 17.8 Å². The number of nitrogens with zero attached hydrogens (tertiary/aromatic N) is 2. The van der Waals surface area contributed by atoms with Crippen LogP contribution in [0.4, 0.5) is 0 Å².